The van der Waals surface area contributed by atoms with Gasteiger partial charge in [-0.05, 0) is 44.0 Å². The van der Waals surface area contributed by atoms with Crippen molar-refractivity contribution in [3.63, 3.8) is 0 Å². The molecule has 0 aromatic heterocycles. The van der Waals surface area contributed by atoms with Crippen molar-refractivity contribution in [1.82, 2.24) is 0 Å². The molecule has 0 atom stereocenters. The Balaban J connectivity index is 3.06. The average molecular weight is 221 g/mol. The van der Waals surface area contributed by atoms with Crippen molar-refractivity contribution in [2.45, 2.75) is 26.7 Å². The summed E-state index contributed by atoms with van der Waals surface area (Å²) in [5.74, 6) is 0.777. The lowest BCUT2D eigenvalue weighted by Gasteiger charge is -2.11. The van der Waals surface area contributed by atoms with Crippen LogP contribution in [0.2, 0.25) is 0 Å². The number of carbonyl (C=O) groups is 1. The third-order valence-corrected chi connectivity index (χ3v) is 2.55. The lowest BCUT2D eigenvalue weighted by molar-refractivity contribution is 0.0977. The molecular weight excluding hydrogens is 202 g/mol. The highest BCUT2D eigenvalue weighted by Gasteiger charge is 2.15. The summed E-state index contributed by atoms with van der Waals surface area (Å²) in [4.78, 5) is 12.0. The first-order valence-corrected chi connectivity index (χ1v) is 5.48. The minimum atomic E-state index is 0.111. The largest absolute Gasteiger partial charge is 0.496 e. The van der Waals surface area contributed by atoms with E-state index in [0.29, 0.717) is 24.3 Å². The Morgan fingerprint density at radius 3 is 2.62 bits per heavy atom. The second-order valence-corrected chi connectivity index (χ2v) is 3.97. The second-order valence-electron chi connectivity index (χ2n) is 3.97. The molecule has 0 spiro atoms. The number of carbonyl (C=O) groups excluding carboxylic acids is 1. The summed E-state index contributed by atoms with van der Waals surface area (Å²) in [6.45, 7) is 4.47. The summed E-state index contributed by atoms with van der Waals surface area (Å²) in [6, 6.07) is 3.89. The van der Waals surface area contributed by atoms with Gasteiger partial charge in [0.2, 0.25) is 0 Å². The van der Waals surface area contributed by atoms with Crippen molar-refractivity contribution in [3.8, 4) is 5.75 Å². The Bertz CT molecular complexity index is 386. The molecule has 0 aliphatic rings. The fourth-order valence-corrected chi connectivity index (χ4v) is 1.83. The second kappa shape index (κ2) is 5.66. The number of Topliss-reactive ketones (excluding diaryl/α,β-unsaturated/α-hetero) is 1. The van der Waals surface area contributed by atoms with Gasteiger partial charge in [-0.25, -0.2) is 0 Å². The van der Waals surface area contributed by atoms with E-state index < -0.39 is 0 Å². The van der Waals surface area contributed by atoms with Crippen LogP contribution in [0, 0.1) is 13.8 Å². The molecule has 0 radical (unpaired) electrons. The van der Waals surface area contributed by atoms with Crippen LogP contribution in [-0.4, -0.2) is 19.4 Å². The topological polar surface area (TPSA) is 52.3 Å². The zero-order valence-electron chi connectivity index (χ0n) is 10.2. The third-order valence-electron chi connectivity index (χ3n) is 2.55. The standard InChI is InChI=1S/C13H19NO2/c1-9-7-10(2)13(12(8-9)16-3)11(15)5-4-6-14/h7-8H,4-6,14H2,1-3H3. The molecule has 0 amide bonds. The number of hydrogen-bond acceptors (Lipinski definition) is 3. The quantitative estimate of drug-likeness (QED) is 0.776. The Morgan fingerprint density at radius 1 is 1.38 bits per heavy atom. The Morgan fingerprint density at radius 2 is 2.06 bits per heavy atom. The zero-order chi connectivity index (χ0) is 12.1. The number of ether oxygens (including phenoxy) is 1. The van der Waals surface area contributed by atoms with Crippen molar-refractivity contribution in [1.29, 1.82) is 0 Å². The molecule has 3 nitrogen and oxygen atoms in total. The van der Waals surface area contributed by atoms with Crippen molar-refractivity contribution < 1.29 is 9.53 Å². The molecule has 0 unspecified atom stereocenters. The molecule has 0 aliphatic heterocycles. The first-order valence-electron chi connectivity index (χ1n) is 5.48. The highest BCUT2D eigenvalue weighted by Crippen LogP contribution is 2.25. The SMILES string of the molecule is COc1cc(C)cc(C)c1C(=O)CCCN. The van der Waals surface area contributed by atoms with Crippen LogP contribution < -0.4 is 10.5 Å². The maximum Gasteiger partial charge on any atom is 0.166 e. The molecule has 0 saturated heterocycles. The van der Waals surface area contributed by atoms with Crippen LogP contribution in [0.15, 0.2) is 12.1 Å². The number of benzene rings is 1. The van der Waals surface area contributed by atoms with E-state index in [-0.39, 0.29) is 5.78 Å². The van der Waals surface area contributed by atoms with E-state index in [1.54, 1.807) is 7.11 Å². The van der Waals surface area contributed by atoms with Gasteiger partial charge >= 0.3 is 0 Å². The zero-order valence-corrected chi connectivity index (χ0v) is 10.2. The predicted molar refractivity (Wildman–Crippen MR) is 65.1 cm³/mol. The fraction of sp³-hybridized carbons (Fsp3) is 0.462. The average Bonchev–Trinajstić information content (AvgIpc) is 2.24. The van der Waals surface area contributed by atoms with Crippen LogP contribution >= 0.6 is 0 Å². The van der Waals surface area contributed by atoms with Gasteiger partial charge < -0.3 is 10.5 Å². The van der Waals surface area contributed by atoms with Gasteiger partial charge in [-0.3, -0.25) is 4.79 Å². The Kier molecular flexibility index (Phi) is 4.50. The predicted octanol–water partition coefficient (Wildman–Crippen LogP) is 2.23. The molecule has 0 saturated carbocycles. The van der Waals surface area contributed by atoms with E-state index >= 15 is 0 Å². The van der Waals surface area contributed by atoms with Crippen molar-refractivity contribution >= 4 is 5.78 Å². The molecule has 16 heavy (non-hydrogen) atoms. The molecule has 2 N–H and O–H groups in total. The third kappa shape index (κ3) is 2.83. The van der Waals surface area contributed by atoms with Gasteiger partial charge in [0.1, 0.15) is 5.75 Å². The smallest absolute Gasteiger partial charge is 0.166 e. The van der Waals surface area contributed by atoms with Gasteiger partial charge in [-0.2, -0.15) is 0 Å². The summed E-state index contributed by atoms with van der Waals surface area (Å²) in [7, 11) is 1.59. The molecule has 1 rings (SSSR count). The van der Waals surface area contributed by atoms with Crippen molar-refractivity contribution in [2.24, 2.45) is 5.73 Å². The van der Waals surface area contributed by atoms with Crippen LogP contribution in [0.1, 0.15) is 34.3 Å². The van der Waals surface area contributed by atoms with E-state index in [9.17, 15) is 4.79 Å². The molecule has 0 fully saturated rings. The minimum absolute atomic E-state index is 0.111. The van der Waals surface area contributed by atoms with E-state index in [0.717, 1.165) is 17.5 Å². The number of aryl methyl sites for hydroxylation is 2. The van der Waals surface area contributed by atoms with Gasteiger partial charge in [0, 0.05) is 6.42 Å². The van der Waals surface area contributed by atoms with Crippen LogP contribution in [0.4, 0.5) is 0 Å². The van der Waals surface area contributed by atoms with Crippen LogP contribution in [0.25, 0.3) is 0 Å². The minimum Gasteiger partial charge on any atom is -0.496 e. The maximum absolute atomic E-state index is 12.0. The summed E-state index contributed by atoms with van der Waals surface area (Å²) < 4.78 is 5.26. The van der Waals surface area contributed by atoms with Crippen LogP contribution in [-0.2, 0) is 0 Å². The van der Waals surface area contributed by atoms with Gasteiger partial charge in [0.25, 0.3) is 0 Å². The molecule has 0 heterocycles. The van der Waals surface area contributed by atoms with Gasteiger partial charge in [0.05, 0.1) is 12.7 Å². The lowest BCUT2D eigenvalue weighted by atomic mass is 9.98. The highest BCUT2D eigenvalue weighted by atomic mass is 16.5. The van der Waals surface area contributed by atoms with E-state index in [1.807, 2.05) is 26.0 Å². The molecule has 0 bridgehead atoms. The van der Waals surface area contributed by atoms with E-state index in [2.05, 4.69) is 0 Å². The molecule has 3 heteroatoms. The number of rotatable bonds is 5. The molecule has 88 valence electrons. The van der Waals surface area contributed by atoms with Gasteiger partial charge in [-0.1, -0.05) is 6.07 Å². The number of nitrogens with two attached hydrogens (primary N) is 1. The van der Waals surface area contributed by atoms with E-state index in [1.165, 1.54) is 0 Å². The van der Waals surface area contributed by atoms with E-state index in [4.69, 9.17) is 10.5 Å². The highest BCUT2D eigenvalue weighted by molar-refractivity contribution is 6.00. The molecular formula is C13H19NO2. The van der Waals surface area contributed by atoms with Crippen LogP contribution in [0.3, 0.4) is 0 Å². The summed E-state index contributed by atoms with van der Waals surface area (Å²) in [5.41, 5.74) is 8.17. The Hall–Kier alpha value is -1.35. The maximum atomic E-state index is 12.0. The van der Waals surface area contributed by atoms with Crippen LogP contribution in [0.5, 0.6) is 5.75 Å². The fourth-order valence-electron chi connectivity index (χ4n) is 1.83. The molecule has 1 aromatic rings. The van der Waals surface area contributed by atoms with Gasteiger partial charge in [-0.15, -0.1) is 0 Å². The number of ketones is 1. The number of hydrogen-bond donors (Lipinski definition) is 1. The summed E-state index contributed by atoms with van der Waals surface area (Å²) in [5, 5.41) is 0. The number of methoxy groups -OCH3 is 1. The Labute approximate surface area is 96.6 Å². The van der Waals surface area contributed by atoms with Crippen molar-refractivity contribution in [2.75, 3.05) is 13.7 Å². The summed E-state index contributed by atoms with van der Waals surface area (Å²) in [6.07, 6.45) is 1.20. The van der Waals surface area contributed by atoms with Gasteiger partial charge in [0.15, 0.2) is 5.78 Å². The normalized spacial score (nSPS) is 10.2. The molecule has 1 aromatic carbocycles. The summed E-state index contributed by atoms with van der Waals surface area (Å²) >= 11 is 0. The monoisotopic (exact) mass is 221 g/mol. The molecule has 0 aliphatic carbocycles. The first kappa shape index (κ1) is 12.7. The first-order chi connectivity index (χ1) is 7.60. The van der Waals surface area contributed by atoms with Crippen molar-refractivity contribution in [3.05, 3.63) is 28.8 Å². The lowest BCUT2D eigenvalue weighted by Crippen LogP contribution is -2.08.